The molecule has 0 heterocycles. The van der Waals surface area contributed by atoms with Gasteiger partial charge in [0, 0.05) is 19.3 Å². The summed E-state index contributed by atoms with van der Waals surface area (Å²) in [5, 5.41) is 9.82. The van der Waals surface area contributed by atoms with Crippen LogP contribution >= 0.6 is 7.82 Å². The number of rotatable bonds is 59. The van der Waals surface area contributed by atoms with Gasteiger partial charge in [0.15, 0.2) is 6.10 Å². The molecule has 11 nitrogen and oxygen atoms in total. The highest BCUT2D eigenvalue weighted by atomic mass is 31.2. The molecule has 0 fully saturated rings. The fourth-order valence-electron chi connectivity index (χ4n) is 9.10. The molecular weight excluding hydrogens is 952 g/mol. The Morgan fingerprint density at radius 1 is 0.378 bits per heavy atom. The molecule has 74 heavy (non-hydrogen) atoms. The normalized spacial score (nSPS) is 13.4. The van der Waals surface area contributed by atoms with Crippen molar-refractivity contribution in [3.8, 4) is 0 Å². The lowest BCUT2D eigenvalue weighted by atomic mass is 10.0. The van der Waals surface area contributed by atoms with Crippen LogP contribution in [0.1, 0.15) is 316 Å². The third kappa shape index (κ3) is 54.7. The van der Waals surface area contributed by atoms with Crippen molar-refractivity contribution < 1.29 is 52.2 Å². The molecule has 0 aromatic rings. The van der Waals surface area contributed by atoms with Crippen LogP contribution in [0.2, 0.25) is 0 Å². The van der Waals surface area contributed by atoms with Crippen LogP contribution in [-0.2, 0) is 42.2 Å². The quantitative estimate of drug-likeness (QED) is 0.0197. The van der Waals surface area contributed by atoms with Crippen molar-refractivity contribution in [2.75, 3.05) is 26.4 Å². The van der Waals surface area contributed by atoms with E-state index in [-0.39, 0.29) is 25.9 Å². The fraction of sp³-hybridized carbons (Fsp3) is 0.887. The molecular formula is C62H117O11P. The molecule has 12 heteroatoms. The molecule has 3 atom stereocenters. The van der Waals surface area contributed by atoms with Gasteiger partial charge in [0.1, 0.15) is 12.7 Å². The number of unbranched alkanes of at least 4 members (excludes halogenated alkanes) is 38. The summed E-state index contributed by atoms with van der Waals surface area (Å²) in [6.45, 7) is 4.68. The van der Waals surface area contributed by atoms with E-state index in [0.29, 0.717) is 19.3 Å². The Labute approximate surface area is 455 Å². The standard InChI is InChI=1S/C62H117O11P/c1-4-7-10-13-16-19-22-25-27-28-29-30-32-34-36-39-42-45-48-51-60(64)69-55-59(73-62(66)53-50-47-44-41-38-35-31-26-23-20-17-14-11-8-5-2)57-71-74(67,68)70-56-58(54-63)72-61(65)52-49-46-43-40-37-33-24-21-18-15-12-9-6-3/h16,19,25,27,58-59,63H,4-15,17-18,20-24,26,28-57H2,1-3H3,(H,67,68)/b19-16-,27-25-. The molecule has 0 aliphatic rings. The van der Waals surface area contributed by atoms with Crippen molar-refractivity contribution in [1.82, 2.24) is 0 Å². The monoisotopic (exact) mass is 1070 g/mol. The summed E-state index contributed by atoms with van der Waals surface area (Å²) in [5.41, 5.74) is 0. The predicted octanol–water partition coefficient (Wildman–Crippen LogP) is 18.6. The van der Waals surface area contributed by atoms with Crippen LogP contribution in [-0.4, -0.2) is 66.5 Å². The van der Waals surface area contributed by atoms with Gasteiger partial charge in [-0.3, -0.25) is 23.4 Å². The second-order valence-corrected chi connectivity index (χ2v) is 22.7. The van der Waals surface area contributed by atoms with Gasteiger partial charge in [0.05, 0.1) is 19.8 Å². The van der Waals surface area contributed by atoms with Gasteiger partial charge in [0.25, 0.3) is 0 Å². The maximum Gasteiger partial charge on any atom is 0.472 e. The second-order valence-electron chi connectivity index (χ2n) is 21.2. The van der Waals surface area contributed by atoms with E-state index in [1.54, 1.807) is 0 Å². The van der Waals surface area contributed by atoms with Crippen molar-refractivity contribution in [3.63, 3.8) is 0 Å². The summed E-state index contributed by atoms with van der Waals surface area (Å²) in [5.74, 6) is -1.44. The molecule has 2 N–H and O–H groups in total. The first-order chi connectivity index (χ1) is 36.2. The Balaban J connectivity index is 4.66. The Morgan fingerprint density at radius 3 is 1.03 bits per heavy atom. The maximum absolute atomic E-state index is 12.9. The highest BCUT2D eigenvalue weighted by molar-refractivity contribution is 7.47. The minimum Gasteiger partial charge on any atom is -0.462 e. The number of ether oxygens (including phenoxy) is 3. The van der Waals surface area contributed by atoms with Crippen molar-refractivity contribution >= 4 is 25.7 Å². The SMILES string of the molecule is CCCCC/C=C\C/C=C\CCCCCCCCCCCC(=O)OCC(COP(=O)(O)OCC(CO)OC(=O)CCCCCCCCCCCCCCC)OC(=O)CCCCCCCCCCCCCCCCC. The number of hydrogen-bond donors (Lipinski definition) is 2. The first-order valence-electron chi connectivity index (χ1n) is 31.2. The molecule has 0 aliphatic carbocycles. The fourth-order valence-corrected chi connectivity index (χ4v) is 9.88. The first kappa shape index (κ1) is 72.0. The summed E-state index contributed by atoms with van der Waals surface area (Å²) < 4.78 is 39.6. The molecule has 3 unspecified atom stereocenters. The molecule has 0 aromatic heterocycles. The van der Waals surface area contributed by atoms with E-state index in [9.17, 15) is 28.9 Å². The number of phosphoric acid groups is 1. The summed E-state index contributed by atoms with van der Waals surface area (Å²) in [6, 6.07) is 0. The Kier molecular flexibility index (Phi) is 55.6. The Morgan fingerprint density at radius 2 is 0.662 bits per heavy atom. The number of allylic oxidation sites excluding steroid dienone is 4. The van der Waals surface area contributed by atoms with Crippen LogP contribution in [0.3, 0.4) is 0 Å². The molecule has 0 rings (SSSR count). The lowest BCUT2D eigenvalue weighted by Crippen LogP contribution is -2.30. The third-order valence-corrected chi connectivity index (χ3v) is 14.8. The number of phosphoric ester groups is 1. The number of aliphatic hydroxyl groups is 1. The molecule has 0 saturated heterocycles. The molecule has 0 bridgehead atoms. The molecule has 436 valence electrons. The van der Waals surface area contributed by atoms with E-state index >= 15 is 0 Å². The number of carbonyl (C=O) groups is 3. The third-order valence-electron chi connectivity index (χ3n) is 13.9. The molecule has 0 aliphatic heterocycles. The van der Waals surface area contributed by atoms with Gasteiger partial charge >= 0.3 is 25.7 Å². The molecule has 0 radical (unpaired) electrons. The second kappa shape index (κ2) is 57.1. The molecule has 0 spiro atoms. The van der Waals surface area contributed by atoms with E-state index in [1.165, 1.54) is 186 Å². The average Bonchev–Trinajstić information content (AvgIpc) is 3.39. The summed E-state index contributed by atoms with van der Waals surface area (Å²) in [4.78, 5) is 48.6. The van der Waals surface area contributed by atoms with Crippen molar-refractivity contribution in [2.24, 2.45) is 0 Å². The van der Waals surface area contributed by atoms with Crippen LogP contribution in [0.4, 0.5) is 0 Å². The summed E-state index contributed by atoms with van der Waals surface area (Å²) in [7, 11) is -4.74. The van der Waals surface area contributed by atoms with Gasteiger partial charge in [-0.25, -0.2) is 4.57 Å². The van der Waals surface area contributed by atoms with Gasteiger partial charge in [-0.15, -0.1) is 0 Å². The highest BCUT2D eigenvalue weighted by Gasteiger charge is 2.28. The van der Waals surface area contributed by atoms with Crippen molar-refractivity contribution in [1.29, 1.82) is 0 Å². The van der Waals surface area contributed by atoms with Crippen LogP contribution < -0.4 is 0 Å². The molecule has 0 aromatic carbocycles. The lowest BCUT2D eigenvalue weighted by molar-refractivity contribution is -0.161. The van der Waals surface area contributed by atoms with Crippen LogP contribution in [0.15, 0.2) is 24.3 Å². The number of esters is 3. The van der Waals surface area contributed by atoms with Crippen molar-refractivity contribution in [3.05, 3.63) is 24.3 Å². The minimum atomic E-state index is -4.74. The zero-order valence-electron chi connectivity index (χ0n) is 48.3. The van der Waals surface area contributed by atoms with Gasteiger partial charge in [-0.05, 0) is 51.4 Å². The highest BCUT2D eigenvalue weighted by Crippen LogP contribution is 2.43. The topological polar surface area (TPSA) is 155 Å². The zero-order valence-corrected chi connectivity index (χ0v) is 49.2. The number of carbonyl (C=O) groups excluding carboxylic acids is 3. The van der Waals surface area contributed by atoms with Gasteiger partial charge in [-0.2, -0.15) is 0 Å². The first-order valence-corrected chi connectivity index (χ1v) is 32.7. The van der Waals surface area contributed by atoms with Crippen LogP contribution in [0.25, 0.3) is 0 Å². The van der Waals surface area contributed by atoms with Gasteiger partial charge in [-0.1, -0.05) is 270 Å². The Hall–Kier alpha value is -2.04. The number of hydrogen-bond acceptors (Lipinski definition) is 10. The van der Waals surface area contributed by atoms with E-state index in [4.69, 9.17) is 23.3 Å². The minimum absolute atomic E-state index is 0.174. The van der Waals surface area contributed by atoms with Gasteiger partial charge < -0.3 is 24.2 Å². The maximum atomic E-state index is 12.9. The average molecular weight is 1070 g/mol. The lowest BCUT2D eigenvalue weighted by Gasteiger charge is -2.21. The van der Waals surface area contributed by atoms with Gasteiger partial charge in [0.2, 0.25) is 0 Å². The smallest absolute Gasteiger partial charge is 0.462 e. The molecule has 0 amide bonds. The molecule has 0 saturated carbocycles. The Bertz CT molecular complexity index is 1340. The zero-order chi connectivity index (χ0) is 54.1. The van der Waals surface area contributed by atoms with Crippen LogP contribution in [0.5, 0.6) is 0 Å². The number of aliphatic hydroxyl groups excluding tert-OH is 1. The predicted molar refractivity (Wildman–Crippen MR) is 307 cm³/mol. The summed E-state index contributed by atoms with van der Waals surface area (Å²) >= 11 is 0. The van der Waals surface area contributed by atoms with Crippen molar-refractivity contribution in [2.45, 2.75) is 328 Å². The largest absolute Gasteiger partial charge is 0.472 e. The summed E-state index contributed by atoms with van der Waals surface area (Å²) in [6.07, 6.45) is 58.4. The van der Waals surface area contributed by atoms with E-state index in [2.05, 4.69) is 45.1 Å². The van der Waals surface area contributed by atoms with E-state index in [1.807, 2.05) is 0 Å². The van der Waals surface area contributed by atoms with E-state index in [0.717, 1.165) is 70.6 Å². The van der Waals surface area contributed by atoms with E-state index < -0.39 is 57.8 Å². The van der Waals surface area contributed by atoms with Crippen LogP contribution in [0, 0.1) is 0 Å².